The van der Waals surface area contributed by atoms with E-state index in [0.717, 1.165) is 12.1 Å². The number of carbonyl (C=O) groups is 1. The Kier molecular flexibility index (Phi) is 4.86. The smallest absolute Gasteiger partial charge is 0.454 e. The van der Waals surface area contributed by atoms with Gasteiger partial charge in [-0.3, -0.25) is 4.79 Å². The van der Waals surface area contributed by atoms with Gasteiger partial charge in [0.1, 0.15) is 11.4 Å². The molecule has 7 nitrogen and oxygen atoms in total. The number of pyridine rings is 1. The molecule has 1 aliphatic rings. The van der Waals surface area contributed by atoms with Crippen LogP contribution in [0.1, 0.15) is 16.1 Å². The van der Waals surface area contributed by atoms with Gasteiger partial charge in [-0.15, -0.1) is 13.2 Å². The number of alkyl halides is 3. The lowest BCUT2D eigenvalue weighted by molar-refractivity contribution is -0.274. The van der Waals surface area contributed by atoms with Gasteiger partial charge in [0.05, 0.1) is 17.5 Å². The van der Waals surface area contributed by atoms with Crippen LogP contribution in [0.4, 0.5) is 13.2 Å². The third-order valence-electron chi connectivity index (χ3n) is 4.56. The molecule has 2 aromatic carbocycles. The van der Waals surface area contributed by atoms with Gasteiger partial charge in [0.2, 0.25) is 6.79 Å². The van der Waals surface area contributed by atoms with Gasteiger partial charge >= 0.3 is 6.36 Å². The number of benzene rings is 2. The van der Waals surface area contributed by atoms with Crippen LogP contribution in [-0.4, -0.2) is 36.2 Å². The Morgan fingerprint density at radius 2 is 1.93 bits per heavy atom. The van der Waals surface area contributed by atoms with Crippen molar-refractivity contribution in [2.45, 2.75) is 13.0 Å². The van der Waals surface area contributed by atoms with Crippen molar-refractivity contribution < 1.29 is 37.3 Å². The van der Waals surface area contributed by atoms with E-state index < -0.39 is 24.6 Å². The second-order valence-corrected chi connectivity index (χ2v) is 6.32. The lowest BCUT2D eigenvalue weighted by Crippen LogP contribution is -2.22. The minimum atomic E-state index is -4.82. The Morgan fingerprint density at radius 1 is 1.20 bits per heavy atom. The molecule has 3 aromatic rings. The molecular formula is C20H15F3N2O5. The Labute approximate surface area is 168 Å². The molecule has 30 heavy (non-hydrogen) atoms. The molecule has 1 aromatic heterocycles. The Morgan fingerprint density at radius 3 is 2.57 bits per heavy atom. The number of ether oxygens (including phenoxy) is 3. The van der Waals surface area contributed by atoms with E-state index in [9.17, 15) is 23.1 Å². The summed E-state index contributed by atoms with van der Waals surface area (Å²) in [5.41, 5.74) is 1.45. The maximum atomic E-state index is 12.5. The zero-order valence-corrected chi connectivity index (χ0v) is 15.5. The summed E-state index contributed by atoms with van der Waals surface area (Å²) in [6.45, 7) is -0.551. The zero-order chi connectivity index (χ0) is 21.5. The number of nitrogens with zero attached hydrogens (tertiary/aromatic N) is 1. The molecule has 2 heterocycles. The third-order valence-corrected chi connectivity index (χ3v) is 4.56. The highest BCUT2D eigenvalue weighted by atomic mass is 19.4. The van der Waals surface area contributed by atoms with Crippen LogP contribution in [0.3, 0.4) is 0 Å². The van der Waals surface area contributed by atoms with Gasteiger partial charge in [0, 0.05) is 18.2 Å². The molecule has 10 heteroatoms. The SMILES string of the molecule is CNC(=O)c1nc2ccc3c(c2c(-c2ccc(OC(F)(F)F)cc2)c1CO)OCO3. The molecule has 0 saturated carbocycles. The topological polar surface area (TPSA) is 89.9 Å². The first-order valence-corrected chi connectivity index (χ1v) is 8.76. The fourth-order valence-corrected chi connectivity index (χ4v) is 3.36. The first-order chi connectivity index (χ1) is 14.3. The van der Waals surface area contributed by atoms with Crippen molar-refractivity contribution in [3.8, 4) is 28.4 Å². The number of hydrogen-bond donors (Lipinski definition) is 2. The van der Waals surface area contributed by atoms with E-state index in [1.807, 2.05) is 0 Å². The molecule has 2 N–H and O–H groups in total. The highest BCUT2D eigenvalue weighted by Crippen LogP contribution is 2.45. The molecule has 0 atom stereocenters. The van der Waals surface area contributed by atoms with Crippen molar-refractivity contribution in [3.63, 3.8) is 0 Å². The van der Waals surface area contributed by atoms with E-state index >= 15 is 0 Å². The minimum absolute atomic E-state index is 0.00279. The number of halogens is 3. The summed E-state index contributed by atoms with van der Waals surface area (Å²) >= 11 is 0. The number of aliphatic hydroxyl groups is 1. The lowest BCUT2D eigenvalue weighted by Gasteiger charge is -2.17. The molecule has 0 spiro atoms. The number of amides is 1. The summed E-state index contributed by atoms with van der Waals surface area (Å²) in [4.78, 5) is 16.7. The van der Waals surface area contributed by atoms with E-state index in [1.54, 1.807) is 12.1 Å². The molecule has 0 aliphatic carbocycles. The summed E-state index contributed by atoms with van der Waals surface area (Å²) in [7, 11) is 1.43. The van der Waals surface area contributed by atoms with Gasteiger partial charge in [-0.05, 0) is 29.8 Å². The van der Waals surface area contributed by atoms with E-state index in [2.05, 4.69) is 15.0 Å². The van der Waals surface area contributed by atoms with Crippen molar-refractivity contribution in [3.05, 3.63) is 47.7 Å². The summed E-state index contributed by atoms with van der Waals surface area (Å²) in [5, 5.41) is 13.0. The van der Waals surface area contributed by atoms with Crippen LogP contribution in [0.15, 0.2) is 36.4 Å². The number of rotatable bonds is 4. The molecule has 0 saturated heterocycles. The number of aliphatic hydroxyl groups excluding tert-OH is 1. The van der Waals surface area contributed by atoms with Crippen molar-refractivity contribution in [2.24, 2.45) is 0 Å². The van der Waals surface area contributed by atoms with Crippen LogP contribution in [0.5, 0.6) is 17.2 Å². The fourth-order valence-electron chi connectivity index (χ4n) is 3.36. The largest absolute Gasteiger partial charge is 0.573 e. The first-order valence-electron chi connectivity index (χ1n) is 8.76. The number of nitrogens with one attached hydrogen (secondary N) is 1. The van der Waals surface area contributed by atoms with Crippen LogP contribution in [0.25, 0.3) is 22.0 Å². The van der Waals surface area contributed by atoms with Gasteiger partial charge in [-0.25, -0.2) is 4.98 Å². The normalized spacial score (nSPS) is 12.8. The van der Waals surface area contributed by atoms with E-state index in [0.29, 0.717) is 33.5 Å². The van der Waals surface area contributed by atoms with Crippen LogP contribution < -0.4 is 19.5 Å². The second kappa shape index (κ2) is 7.38. The first kappa shape index (κ1) is 19.8. The number of fused-ring (bicyclic) bond motifs is 3. The standard InChI is InChI=1S/C20H15F3N2O5/c1-24-19(27)17-12(8-26)15(10-2-4-11(5-3-10)30-20(21,22)23)16-13(25-17)6-7-14-18(16)29-9-28-14/h2-7,26H,8-9H2,1H3,(H,24,27). The summed E-state index contributed by atoms with van der Waals surface area (Å²) in [6, 6.07) is 8.39. The van der Waals surface area contributed by atoms with Crippen LogP contribution in [0.2, 0.25) is 0 Å². The average molecular weight is 420 g/mol. The predicted octanol–water partition coefficient (Wildman–Crippen LogP) is 3.38. The summed E-state index contributed by atoms with van der Waals surface area (Å²) in [5.74, 6) is -0.0775. The number of aromatic nitrogens is 1. The van der Waals surface area contributed by atoms with Gasteiger partial charge in [0.15, 0.2) is 11.5 Å². The highest BCUT2D eigenvalue weighted by Gasteiger charge is 2.31. The summed E-state index contributed by atoms with van der Waals surface area (Å²) in [6.07, 6.45) is -4.82. The van der Waals surface area contributed by atoms with Crippen molar-refractivity contribution in [2.75, 3.05) is 13.8 Å². The van der Waals surface area contributed by atoms with Crippen LogP contribution >= 0.6 is 0 Å². The quantitative estimate of drug-likeness (QED) is 0.673. The maximum Gasteiger partial charge on any atom is 0.573 e. The second-order valence-electron chi connectivity index (χ2n) is 6.32. The molecular weight excluding hydrogens is 405 g/mol. The number of carbonyl (C=O) groups excluding carboxylic acids is 1. The molecule has 0 unspecified atom stereocenters. The van der Waals surface area contributed by atoms with Gasteiger partial charge in [-0.1, -0.05) is 12.1 Å². The predicted molar refractivity (Wildman–Crippen MR) is 99.3 cm³/mol. The third kappa shape index (κ3) is 3.45. The van der Waals surface area contributed by atoms with E-state index in [4.69, 9.17) is 9.47 Å². The monoisotopic (exact) mass is 420 g/mol. The fraction of sp³-hybridized carbons (Fsp3) is 0.200. The van der Waals surface area contributed by atoms with E-state index in [-0.39, 0.29) is 18.1 Å². The van der Waals surface area contributed by atoms with E-state index in [1.165, 1.54) is 19.2 Å². The van der Waals surface area contributed by atoms with Crippen molar-refractivity contribution >= 4 is 16.8 Å². The molecule has 0 fully saturated rings. The molecule has 1 aliphatic heterocycles. The molecule has 1 amide bonds. The highest BCUT2D eigenvalue weighted by molar-refractivity contribution is 6.07. The van der Waals surface area contributed by atoms with Crippen LogP contribution in [0, 0.1) is 0 Å². The van der Waals surface area contributed by atoms with Gasteiger partial charge < -0.3 is 24.6 Å². The molecule has 4 rings (SSSR count). The van der Waals surface area contributed by atoms with Gasteiger partial charge in [0.25, 0.3) is 5.91 Å². The molecule has 0 bridgehead atoms. The Hall–Kier alpha value is -3.53. The van der Waals surface area contributed by atoms with Gasteiger partial charge in [-0.2, -0.15) is 0 Å². The average Bonchev–Trinajstić information content (AvgIpc) is 3.20. The van der Waals surface area contributed by atoms with Crippen LogP contribution in [-0.2, 0) is 6.61 Å². The summed E-state index contributed by atoms with van der Waals surface area (Å²) < 4.78 is 52.4. The zero-order valence-electron chi connectivity index (χ0n) is 15.5. The Bertz CT molecular complexity index is 1130. The Balaban J connectivity index is 1.99. The molecule has 156 valence electrons. The number of hydrogen-bond acceptors (Lipinski definition) is 6. The lowest BCUT2D eigenvalue weighted by atomic mass is 9.93. The minimum Gasteiger partial charge on any atom is -0.454 e. The molecule has 0 radical (unpaired) electrons. The maximum absolute atomic E-state index is 12.5. The van der Waals surface area contributed by atoms with Crippen molar-refractivity contribution in [1.29, 1.82) is 0 Å². The van der Waals surface area contributed by atoms with Crippen molar-refractivity contribution in [1.82, 2.24) is 10.3 Å².